The maximum atomic E-state index is 10.7. The molecule has 5 heteroatoms. The fourth-order valence-electron chi connectivity index (χ4n) is 2.07. The average Bonchev–Trinajstić information content (AvgIpc) is 2.14. The van der Waals surface area contributed by atoms with Crippen LogP contribution in [-0.2, 0) is 9.53 Å². The van der Waals surface area contributed by atoms with Crippen LogP contribution in [0.5, 0.6) is 0 Å². The van der Waals surface area contributed by atoms with Crippen molar-refractivity contribution in [2.75, 3.05) is 32.8 Å². The number of carbonyl (C=O) groups excluding carboxylic acids is 1. The van der Waals surface area contributed by atoms with Crippen molar-refractivity contribution in [2.45, 2.75) is 32.5 Å². The highest BCUT2D eigenvalue weighted by molar-refractivity contribution is 5.72. The van der Waals surface area contributed by atoms with E-state index in [-0.39, 0.29) is 24.2 Å². The molecular formula is C11H22N2O3. The van der Waals surface area contributed by atoms with Gasteiger partial charge in [0.1, 0.15) is 0 Å². The Bertz CT molecular complexity index is 243. The maximum Gasteiger partial charge on any atom is 0.216 e. The number of aliphatic hydroxyl groups excluding tert-OH is 1. The zero-order valence-corrected chi connectivity index (χ0v) is 10.3. The predicted octanol–water partition coefficient (Wildman–Crippen LogP) is -0.406. The summed E-state index contributed by atoms with van der Waals surface area (Å²) in [5, 5.41) is 11.9. The standard InChI is InChI=1S/C11H22N2O3/c1-9(15)12-4-5-13-6-10(7-14)16-11(2,3)8-13/h10,14H,4-8H2,1-3H3,(H,12,15). The van der Waals surface area contributed by atoms with Gasteiger partial charge < -0.3 is 15.2 Å². The number of rotatable bonds is 4. The molecule has 0 aromatic carbocycles. The number of aliphatic hydroxyl groups is 1. The topological polar surface area (TPSA) is 61.8 Å². The second-order valence-electron chi connectivity index (χ2n) is 4.90. The summed E-state index contributed by atoms with van der Waals surface area (Å²) in [7, 11) is 0. The monoisotopic (exact) mass is 230 g/mol. The van der Waals surface area contributed by atoms with Crippen molar-refractivity contribution in [3.05, 3.63) is 0 Å². The molecule has 94 valence electrons. The molecule has 0 radical (unpaired) electrons. The summed E-state index contributed by atoms with van der Waals surface area (Å²) >= 11 is 0. The van der Waals surface area contributed by atoms with Crippen molar-refractivity contribution in [3.63, 3.8) is 0 Å². The van der Waals surface area contributed by atoms with Crippen LogP contribution in [0.1, 0.15) is 20.8 Å². The number of morpholine rings is 1. The summed E-state index contributed by atoms with van der Waals surface area (Å²) in [6.07, 6.45) is -0.124. The fraction of sp³-hybridized carbons (Fsp3) is 0.909. The number of hydrogen-bond acceptors (Lipinski definition) is 4. The van der Waals surface area contributed by atoms with Crippen molar-refractivity contribution >= 4 is 5.91 Å². The summed E-state index contributed by atoms with van der Waals surface area (Å²) in [5.41, 5.74) is -0.234. The minimum atomic E-state index is -0.234. The van der Waals surface area contributed by atoms with E-state index in [2.05, 4.69) is 10.2 Å². The van der Waals surface area contributed by atoms with Crippen LogP contribution < -0.4 is 5.32 Å². The molecule has 1 fully saturated rings. The van der Waals surface area contributed by atoms with E-state index < -0.39 is 0 Å². The molecule has 0 aromatic rings. The molecule has 1 heterocycles. The van der Waals surface area contributed by atoms with E-state index in [9.17, 15) is 4.79 Å². The molecule has 0 spiro atoms. The summed E-state index contributed by atoms with van der Waals surface area (Å²) in [6, 6.07) is 0. The van der Waals surface area contributed by atoms with E-state index in [1.165, 1.54) is 6.92 Å². The third-order valence-corrected chi connectivity index (χ3v) is 2.56. The molecule has 1 aliphatic heterocycles. The van der Waals surface area contributed by atoms with Crippen LogP contribution in [0.25, 0.3) is 0 Å². The minimum absolute atomic E-state index is 0.00812. The van der Waals surface area contributed by atoms with Gasteiger partial charge in [0.25, 0.3) is 0 Å². The van der Waals surface area contributed by atoms with Crippen LogP contribution >= 0.6 is 0 Å². The molecule has 1 saturated heterocycles. The van der Waals surface area contributed by atoms with Crippen LogP contribution in [0.2, 0.25) is 0 Å². The van der Waals surface area contributed by atoms with E-state index >= 15 is 0 Å². The van der Waals surface area contributed by atoms with Gasteiger partial charge in [0.2, 0.25) is 5.91 Å². The maximum absolute atomic E-state index is 10.7. The molecule has 0 aromatic heterocycles. The summed E-state index contributed by atoms with van der Waals surface area (Å²) in [6.45, 7) is 8.56. The number of ether oxygens (including phenoxy) is 1. The number of carbonyl (C=O) groups is 1. The molecule has 1 aliphatic rings. The van der Waals surface area contributed by atoms with Crippen molar-refractivity contribution in [2.24, 2.45) is 0 Å². The first-order valence-corrected chi connectivity index (χ1v) is 5.68. The van der Waals surface area contributed by atoms with Gasteiger partial charge >= 0.3 is 0 Å². The van der Waals surface area contributed by atoms with E-state index in [0.717, 1.165) is 19.6 Å². The Kier molecular flexibility index (Phi) is 4.70. The number of nitrogens with zero attached hydrogens (tertiary/aromatic N) is 1. The molecule has 16 heavy (non-hydrogen) atoms. The Labute approximate surface area is 96.8 Å². The van der Waals surface area contributed by atoms with E-state index in [1.807, 2.05) is 13.8 Å². The van der Waals surface area contributed by atoms with Crippen LogP contribution in [0.3, 0.4) is 0 Å². The van der Waals surface area contributed by atoms with Gasteiger partial charge in [-0.05, 0) is 13.8 Å². The predicted molar refractivity (Wildman–Crippen MR) is 61.2 cm³/mol. The quantitative estimate of drug-likeness (QED) is 0.689. The average molecular weight is 230 g/mol. The molecule has 1 rings (SSSR count). The molecule has 1 unspecified atom stereocenters. The Morgan fingerprint density at radius 1 is 1.62 bits per heavy atom. The fourth-order valence-corrected chi connectivity index (χ4v) is 2.07. The van der Waals surface area contributed by atoms with Crippen molar-refractivity contribution in [1.29, 1.82) is 0 Å². The summed E-state index contributed by atoms with van der Waals surface area (Å²) < 4.78 is 5.70. The third-order valence-electron chi connectivity index (χ3n) is 2.56. The number of amides is 1. The first kappa shape index (κ1) is 13.4. The highest BCUT2D eigenvalue weighted by Crippen LogP contribution is 2.20. The van der Waals surface area contributed by atoms with Crippen LogP contribution in [0, 0.1) is 0 Å². The van der Waals surface area contributed by atoms with Crippen molar-refractivity contribution < 1.29 is 14.6 Å². The van der Waals surface area contributed by atoms with Crippen LogP contribution in [0.4, 0.5) is 0 Å². The lowest BCUT2D eigenvalue weighted by Crippen LogP contribution is -2.55. The highest BCUT2D eigenvalue weighted by Gasteiger charge is 2.32. The largest absolute Gasteiger partial charge is 0.394 e. The van der Waals surface area contributed by atoms with Crippen LogP contribution in [0.15, 0.2) is 0 Å². The van der Waals surface area contributed by atoms with Gasteiger partial charge in [0, 0.05) is 33.1 Å². The second-order valence-corrected chi connectivity index (χ2v) is 4.90. The van der Waals surface area contributed by atoms with E-state index in [4.69, 9.17) is 9.84 Å². The lowest BCUT2D eigenvalue weighted by Gasteiger charge is -2.42. The third kappa shape index (κ3) is 4.47. The lowest BCUT2D eigenvalue weighted by atomic mass is 10.1. The first-order valence-electron chi connectivity index (χ1n) is 5.68. The normalized spacial score (nSPS) is 25.4. The number of hydrogen-bond donors (Lipinski definition) is 2. The first-order chi connectivity index (χ1) is 7.43. The van der Waals surface area contributed by atoms with Gasteiger partial charge in [-0.3, -0.25) is 9.69 Å². The highest BCUT2D eigenvalue weighted by atomic mass is 16.5. The second kappa shape index (κ2) is 5.61. The smallest absolute Gasteiger partial charge is 0.216 e. The molecule has 5 nitrogen and oxygen atoms in total. The molecule has 2 N–H and O–H groups in total. The zero-order valence-electron chi connectivity index (χ0n) is 10.3. The SMILES string of the molecule is CC(=O)NCCN1CC(CO)OC(C)(C)C1. The van der Waals surface area contributed by atoms with E-state index in [0.29, 0.717) is 6.54 Å². The van der Waals surface area contributed by atoms with Gasteiger partial charge in [0.15, 0.2) is 0 Å². The van der Waals surface area contributed by atoms with Crippen LogP contribution in [-0.4, -0.2) is 60.4 Å². The van der Waals surface area contributed by atoms with Gasteiger partial charge in [-0.1, -0.05) is 0 Å². The molecule has 0 bridgehead atoms. The molecule has 1 atom stereocenters. The van der Waals surface area contributed by atoms with Crippen molar-refractivity contribution in [1.82, 2.24) is 10.2 Å². The summed E-state index contributed by atoms with van der Waals surface area (Å²) in [5.74, 6) is -0.00812. The number of nitrogens with one attached hydrogen (secondary N) is 1. The van der Waals surface area contributed by atoms with Gasteiger partial charge in [-0.2, -0.15) is 0 Å². The Balaban J connectivity index is 2.38. The minimum Gasteiger partial charge on any atom is -0.394 e. The lowest BCUT2D eigenvalue weighted by molar-refractivity contribution is -0.148. The molecule has 0 aliphatic carbocycles. The van der Waals surface area contributed by atoms with Gasteiger partial charge in [-0.25, -0.2) is 0 Å². The summed E-state index contributed by atoms with van der Waals surface area (Å²) in [4.78, 5) is 12.9. The van der Waals surface area contributed by atoms with Gasteiger partial charge in [-0.15, -0.1) is 0 Å². The molecule has 1 amide bonds. The Morgan fingerprint density at radius 3 is 2.88 bits per heavy atom. The van der Waals surface area contributed by atoms with E-state index in [1.54, 1.807) is 0 Å². The zero-order chi connectivity index (χ0) is 12.2. The molecular weight excluding hydrogens is 208 g/mol. The van der Waals surface area contributed by atoms with Crippen molar-refractivity contribution in [3.8, 4) is 0 Å². The Hall–Kier alpha value is -0.650. The van der Waals surface area contributed by atoms with Gasteiger partial charge in [0.05, 0.1) is 18.3 Å². The molecule has 0 saturated carbocycles. The Morgan fingerprint density at radius 2 is 2.31 bits per heavy atom.